The lowest BCUT2D eigenvalue weighted by Crippen LogP contribution is -2.02. The second-order valence-corrected chi connectivity index (χ2v) is 7.11. The van der Waals surface area contributed by atoms with Gasteiger partial charge in [-0.1, -0.05) is 35.3 Å². The molecule has 4 rings (SSSR count). The van der Waals surface area contributed by atoms with Crippen LogP contribution in [0.5, 0.6) is 11.5 Å². The van der Waals surface area contributed by atoms with Gasteiger partial charge in [-0.05, 0) is 35.9 Å². The molecular weight excluding hydrogens is 425 g/mol. The van der Waals surface area contributed by atoms with E-state index in [1.807, 2.05) is 30.3 Å². The van der Waals surface area contributed by atoms with E-state index in [0.717, 1.165) is 11.1 Å². The summed E-state index contributed by atoms with van der Waals surface area (Å²) in [5.41, 5.74) is 9.13. The second kappa shape index (κ2) is 8.22. The van der Waals surface area contributed by atoms with Crippen LogP contribution in [0.15, 0.2) is 55.0 Å². The van der Waals surface area contributed by atoms with Gasteiger partial charge in [0.15, 0.2) is 17.3 Å². The summed E-state index contributed by atoms with van der Waals surface area (Å²) in [7, 11) is 3.18. The van der Waals surface area contributed by atoms with Gasteiger partial charge in [0.2, 0.25) is 0 Å². The molecule has 0 aliphatic heterocycles. The maximum atomic E-state index is 6.39. The number of nitrogens with two attached hydrogens (primary N) is 1. The standard InChI is InChI=1S/C21H17Cl2N5O2/c1-29-17-7-6-12(9-18(17)30-2)13-8-14(20(24)25-10-13)21-27-26-11-28(21)16-5-3-4-15(22)19(16)23/h3-11H,1-2H3,(H2,24,25). The summed E-state index contributed by atoms with van der Waals surface area (Å²) in [4.78, 5) is 4.35. The maximum Gasteiger partial charge on any atom is 0.172 e. The fourth-order valence-corrected chi connectivity index (χ4v) is 3.49. The van der Waals surface area contributed by atoms with Crippen LogP contribution in [-0.2, 0) is 0 Å². The molecule has 0 aliphatic rings. The minimum atomic E-state index is 0.312. The van der Waals surface area contributed by atoms with Crippen molar-refractivity contribution >= 4 is 29.0 Å². The molecule has 9 heteroatoms. The van der Waals surface area contributed by atoms with Gasteiger partial charge in [0, 0.05) is 11.8 Å². The minimum Gasteiger partial charge on any atom is -0.493 e. The van der Waals surface area contributed by atoms with Crippen LogP contribution in [0.3, 0.4) is 0 Å². The molecule has 0 spiro atoms. The Kier molecular flexibility index (Phi) is 5.48. The third-order valence-corrected chi connectivity index (χ3v) is 5.42. The molecule has 0 fully saturated rings. The van der Waals surface area contributed by atoms with E-state index >= 15 is 0 Å². The number of anilines is 1. The molecule has 152 valence electrons. The van der Waals surface area contributed by atoms with Gasteiger partial charge in [-0.3, -0.25) is 4.57 Å². The average molecular weight is 442 g/mol. The molecule has 0 amide bonds. The SMILES string of the molecule is COc1ccc(-c2cnc(N)c(-c3nncn3-c3cccc(Cl)c3Cl)c2)cc1OC. The van der Waals surface area contributed by atoms with Gasteiger partial charge in [0.1, 0.15) is 12.1 Å². The van der Waals surface area contributed by atoms with Gasteiger partial charge >= 0.3 is 0 Å². The summed E-state index contributed by atoms with van der Waals surface area (Å²) < 4.78 is 12.4. The van der Waals surface area contributed by atoms with Crippen molar-refractivity contribution in [3.63, 3.8) is 0 Å². The van der Waals surface area contributed by atoms with Gasteiger partial charge in [-0.2, -0.15) is 0 Å². The maximum absolute atomic E-state index is 6.39. The molecule has 2 heterocycles. The smallest absolute Gasteiger partial charge is 0.172 e. The van der Waals surface area contributed by atoms with Crippen LogP contribution in [0, 0.1) is 0 Å². The van der Waals surface area contributed by atoms with E-state index in [-0.39, 0.29) is 0 Å². The zero-order valence-electron chi connectivity index (χ0n) is 16.1. The van der Waals surface area contributed by atoms with Gasteiger partial charge in [-0.25, -0.2) is 4.98 Å². The molecule has 2 aromatic heterocycles. The highest BCUT2D eigenvalue weighted by atomic mass is 35.5. The van der Waals surface area contributed by atoms with Crippen LogP contribution in [0.4, 0.5) is 5.82 Å². The van der Waals surface area contributed by atoms with Crippen molar-refractivity contribution in [1.82, 2.24) is 19.7 Å². The Bertz CT molecular complexity index is 1230. The quantitative estimate of drug-likeness (QED) is 0.473. The van der Waals surface area contributed by atoms with Crippen molar-refractivity contribution < 1.29 is 9.47 Å². The van der Waals surface area contributed by atoms with Crippen LogP contribution in [0.25, 0.3) is 28.2 Å². The number of methoxy groups -OCH3 is 2. The molecule has 0 unspecified atom stereocenters. The van der Waals surface area contributed by atoms with Crippen LogP contribution in [0.1, 0.15) is 0 Å². The molecule has 4 aromatic rings. The number of hydrogen-bond donors (Lipinski definition) is 1. The van der Waals surface area contributed by atoms with Gasteiger partial charge in [0.25, 0.3) is 0 Å². The normalized spacial score (nSPS) is 10.8. The Balaban J connectivity index is 1.84. The van der Waals surface area contributed by atoms with Crippen LogP contribution in [0.2, 0.25) is 10.0 Å². The highest BCUT2D eigenvalue weighted by Crippen LogP contribution is 2.36. The third kappa shape index (κ3) is 3.53. The number of rotatable bonds is 5. The fourth-order valence-electron chi connectivity index (χ4n) is 3.10. The molecule has 0 saturated heterocycles. The monoisotopic (exact) mass is 441 g/mol. The van der Waals surface area contributed by atoms with Crippen molar-refractivity contribution in [3.05, 3.63) is 65.0 Å². The molecule has 2 aromatic carbocycles. The third-order valence-electron chi connectivity index (χ3n) is 4.61. The minimum absolute atomic E-state index is 0.312. The van der Waals surface area contributed by atoms with Crippen molar-refractivity contribution in [2.45, 2.75) is 0 Å². The molecule has 7 nitrogen and oxygen atoms in total. The van der Waals surface area contributed by atoms with Crippen molar-refractivity contribution in [2.24, 2.45) is 0 Å². The van der Waals surface area contributed by atoms with E-state index in [9.17, 15) is 0 Å². The highest BCUT2D eigenvalue weighted by molar-refractivity contribution is 6.43. The largest absolute Gasteiger partial charge is 0.493 e. The van der Waals surface area contributed by atoms with Crippen molar-refractivity contribution in [2.75, 3.05) is 20.0 Å². The Morgan fingerprint density at radius 2 is 1.77 bits per heavy atom. The summed E-state index contributed by atoms with van der Waals surface area (Å²) in [5.74, 6) is 2.06. The van der Waals surface area contributed by atoms with Crippen LogP contribution >= 0.6 is 23.2 Å². The molecule has 2 N–H and O–H groups in total. The first-order chi connectivity index (χ1) is 14.5. The first kappa shape index (κ1) is 20.0. The number of nitrogen functional groups attached to an aromatic ring is 1. The number of nitrogens with zero attached hydrogens (tertiary/aromatic N) is 4. The number of benzene rings is 2. The summed E-state index contributed by atoms with van der Waals surface area (Å²) >= 11 is 12.6. The van der Waals surface area contributed by atoms with E-state index in [4.69, 9.17) is 38.4 Å². The van der Waals surface area contributed by atoms with Crippen LogP contribution < -0.4 is 15.2 Å². The van der Waals surface area contributed by atoms with E-state index in [2.05, 4.69) is 15.2 Å². The first-order valence-corrected chi connectivity index (χ1v) is 9.61. The highest BCUT2D eigenvalue weighted by Gasteiger charge is 2.17. The lowest BCUT2D eigenvalue weighted by atomic mass is 10.0. The van der Waals surface area contributed by atoms with Crippen LogP contribution in [-0.4, -0.2) is 34.0 Å². The first-order valence-electron chi connectivity index (χ1n) is 8.86. The topological polar surface area (TPSA) is 88.1 Å². The molecule has 0 bridgehead atoms. The Morgan fingerprint density at radius 1 is 0.967 bits per heavy atom. The summed E-state index contributed by atoms with van der Waals surface area (Å²) in [6.45, 7) is 0. The van der Waals surface area contributed by atoms with Gasteiger partial charge in [-0.15, -0.1) is 10.2 Å². The number of ether oxygens (including phenoxy) is 2. The molecule has 0 radical (unpaired) electrons. The summed E-state index contributed by atoms with van der Waals surface area (Å²) in [6.07, 6.45) is 3.24. The van der Waals surface area contributed by atoms with E-state index < -0.39 is 0 Å². The summed E-state index contributed by atoms with van der Waals surface area (Å²) in [5, 5.41) is 9.09. The lowest BCUT2D eigenvalue weighted by Gasteiger charge is -2.13. The number of hydrogen-bond acceptors (Lipinski definition) is 6. The molecule has 0 atom stereocenters. The van der Waals surface area contributed by atoms with Gasteiger partial charge < -0.3 is 15.2 Å². The molecule has 0 saturated carbocycles. The Morgan fingerprint density at radius 3 is 2.53 bits per heavy atom. The molecular formula is C21H17Cl2N5O2. The predicted molar refractivity (Wildman–Crippen MR) is 118 cm³/mol. The average Bonchev–Trinajstić information content (AvgIpc) is 3.25. The zero-order valence-corrected chi connectivity index (χ0v) is 17.6. The van der Waals surface area contributed by atoms with E-state index in [1.165, 1.54) is 0 Å². The summed E-state index contributed by atoms with van der Waals surface area (Å²) in [6, 6.07) is 12.8. The van der Waals surface area contributed by atoms with Crippen molar-refractivity contribution in [1.29, 1.82) is 0 Å². The number of aromatic nitrogens is 4. The molecule has 30 heavy (non-hydrogen) atoms. The Hall–Kier alpha value is -3.29. The fraction of sp³-hybridized carbons (Fsp3) is 0.0952. The Labute approximate surface area is 183 Å². The van der Waals surface area contributed by atoms with Crippen molar-refractivity contribution in [3.8, 4) is 39.7 Å². The van der Waals surface area contributed by atoms with E-state index in [0.29, 0.717) is 44.4 Å². The number of halogens is 2. The predicted octanol–water partition coefficient (Wildman–Crippen LogP) is 4.90. The van der Waals surface area contributed by atoms with E-state index in [1.54, 1.807) is 43.4 Å². The number of pyridine rings is 1. The second-order valence-electron chi connectivity index (χ2n) is 6.32. The molecule has 0 aliphatic carbocycles. The van der Waals surface area contributed by atoms with Gasteiger partial charge in [0.05, 0.1) is 35.5 Å². The lowest BCUT2D eigenvalue weighted by molar-refractivity contribution is 0.355. The zero-order chi connectivity index (χ0) is 21.3.